The molecule has 0 unspecified atom stereocenters. The quantitative estimate of drug-likeness (QED) is 0.743. The highest BCUT2D eigenvalue weighted by Crippen LogP contribution is 2.26. The van der Waals surface area contributed by atoms with Gasteiger partial charge in [0.1, 0.15) is 17.8 Å². The Morgan fingerprint density at radius 2 is 2.08 bits per heavy atom. The number of anilines is 1. The highest BCUT2D eigenvalue weighted by atomic mass is 79.9. The van der Waals surface area contributed by atoms with E-state index in [0.717, 1.165) is 10.0 Å². The first-order chi connectivity index (χ1) is 11.6. The molecule has 0 aliphatic rings. The van der Waals surface area contributed by atoms with Crippen LogP contribution in [-0.2, 0) is 0 Å². The normalized spacial score (nSPS) is 10.5. The lowest BCUT2D eigenvalue weighted by Crippen LogP contribution is -2.13. The first-order valence-corrected chi connectivity index (χ1v) is 7.86. The number of carbonyl (C=O) groups is 1. The van der Waals surface area contributed by atoms with Gasteiger partial charge in [0.2, 0.25) is 0 Å². The minimum Gasteiger partial charge on any atom is -0.494 e. The average Bonchev–Trinajstić information content (AvgIpc) is 3.11. The fourth-order valence-electron chi connectivity index (χ4n) is 2.20. The average molecular weight is 388 g/mol. The van der Waals surface area contributed by atoms with E-state index in [1.807, 2.05) is 25.1 Å². The zero-order valence-electron chi connectivity index (χ0n) is 13.0. The van der Waals surface area contributed by atoms with Crippen molar-refractivity contribution in [2.24, 2.45) is 0 Å². The molecule has 3 aromatic rings. The van der Waals surface area contributed by atoms with E-state index in [1.165, 1.54) is 18.1 Å². The predicted octanol–water partition coefficient (Wildman–Crippen LogP) is 2.99. The van der Waals surface area contributed by atoms with Gasteiger partial charge in [-0.25, -0.2) is 0 Å². The van der Waals surface area contributed by atoms with Crippen LogP contribution in [0.3, 0.4) is 0 Å². The van der Waals surface area contributed by atoms with Gasteiger partial charge in [0.05, 0.1) is 12.8 Å². The van der Waals surface area contributed by atoms with Crippen molar-refractivity contribution in [2.75, 3.05) is 12.4 Å². The summed E-state index contributed by atoms with van der Waals surface area (Å²) in [5.74, 6) is 0.263. The SMILES string of the molecule is COc1cc(C(=O)Nc2ccc(C)cc2Br)ccc1-n1cnnn1. The Balaban J connectivity index is 1.87. The van der Waals surface area contributed by atoms with Crippen LogP contribution in [0.4, 0.5) is 5.69 Å². The number of tetrazole rings is 1. The summed E-state index contributed by atoms with van der Waals surface area (Å²) in [6.07, 6.45) is 1.46. The van der Waals surface area contributed by atoms with Gasteiger partial charge in [0, 0.05) is 10.0 Å². The second kappa shape index (κ2) is 6.79. The van der Waals surface area contributed by atoms with Crippen LogP contribution in [0.5, 0.6) is 5.75 Å². The van der Waals surface area contributed by atoms with Crippen LogP contribution >= 0.6 is 15.9 Å². The fourth-order valence-corrected chi connectivity index (χ4v) is 2.79. The molecule has 0 aliphatic heterocycles. The molecular formula is C16H14BrN5O2. The molecule has 0 bridgehead atoms. The number of benzene rings is 2. The Morgan fingerprint density at radius 3 is 2.75 bits per heavy atom. The lowest BCUT2D eigenvalue weighted by molar-refractivity contribution is 0.102. The van der Waals surface area contributed by atoms with Gasteiger partial charge in [-0.15, -0.1) is 5.10 Å². The topological polar surface area (TPSA) is 81.9 Å². The molecule has 1 N–H and O–H groups in total. The van der Waals surface area contributed by atoms with E-state index in [4.69, 9.17) is 4.74 Å². The maximum absolute atomic E-state index is 12.5. The first kappa shape index (κ1) is 16.1. The van der Waals surface area contributed by atoms with Gasteiger partial charge in [0.15, 0.2) is 0 Å². The molecule has 8 heteroatoms. The summed E-state index contributed by atoms with van der Waals surface area (Å²) in [5.41, 5.74) is 2.92. The van der Waals surface area contributed by atoms with Crippen molar-refractivity contribution in [1.29, 1.82) is 0 Å². The molecule has 0 spiro atoms. The van der Waals surface area contributed by atoms with Crippen LogP contribution in [0.15, 0.2) is 47.2 Å². The van der Waals surface area contributed by atoms with Gasteiger partial charge in [-0.2, -0.15) is 4.68 Å². The van der Waals surface area contributed by atoms with Crippen LogP contribution < -0.4 is 10.1 Å². The van der Waals surface area contributed by atoms with Crippen molar-refractivity contribution in [3.8, 4) is 11.4 Å². The number of methoxy groups -OCH3 is 1. The summed E-state index contributed by atoms with van der Waals surface area (Å²) in [7, 11) is 1.53. The van der Waals surface area contributed by atoms with E-state index in [0.29, 0.717) is 22.7 Å². The second-order valence-electron chi connectivity index (χ2n) is 5.08. The summed E-state index contributed by atoms with van der Waals surface area (Å²) in [4.78, 5) is 12.5. The van der Waals surface area contributed by atoms with E-state index in [-0.39, 0.29) is 5.91 Å². The van der Waals surface area contributed by atoms with Crippen LogP contribution in [-0.4, -0.2) is 33.2 Å². The zero-order valence-corrected chi connectivity index (χ0v) is 14.6. The maximum atomic E-state index is 12.5. The maximum Gasteiger partial charge on any atom is 0.255 e. The minimum atomic E-state index is -0.235. The number of nitrogens with one attached hydrogen (secondary N) is 1. The van der Waals surface area contributed by atoms with Gasteiger partial charge in [0.25, 0.3) is 5.91 Å². The smallest absolute Gasteiger partial charge is 0.255 e. The number of aryl methyl sites for hydroxylation is 1. The number of halogens is 1. The van der Waals surface area contributed by atoms with Crippen molar-refractivity contribution in [3.63, 3.8) is 0 Å². The monoisotopic (exact) mass is 387 g/mol. The zero-order chi connectivity index (χ0) is 17.1. The molecule has 7 nitrogen and oxygen atoms in total. The number of ether oxygens (including phenoxy) is 1. The fraction of sp³-hybridized carbons (Fsp3) is 0.125. The number of nitrogens with zero attached hydrogens (tertiary/aromatic N) is 4. The van der Waals surface area contributed by atoms with Gasteiger partial charge in [-0.05, 0) is 69.2 Å². The number of hydrogen-bond acceptors (Lipinski definition) is 5. The summed E-state index contributed by atoms with van der Waals surface area (Å²) in [6.45, 7) is 1.99. The van der Waals surface area contributed by atoms with Crippen LogP contribution in [0.1, 0.15) is 15.9 Å². The van der Waals surface area contributed by atoms with Crippen molar-refractivity contribution in [2.45, 2.75) is 6.92 Å². The molecule has 1 amide bonds. The van der Waals surface area contributed by atoms with E-state index < -0.39 is 0 Å². The molecule has 0 fully saturated rings. The van der Waals surface area contributed by atoms with Crippen molar-refractivity contribution in [3.05, 3.63) is 58.3 Å². The largest absolute Gasteiger partial charge is 0.494 e. The molecule has 0 aliphatic carbocycles. The molecule has 24 heavy (non-hydrogen) atoms. The summed E-state index contributed by atoms with van der Waals surface area (Å²) in [6, 6.07) is 10.8. The molecule has 0 saturated carbocycles. The third kappa shape index (κ3) is 3.28. The molecule has 3 rings (SSSR count). The Kier molecular flexibility index (Phi) is 4.57. The highest BCUT2D eigenvalue weighted by Gasteiger charge is 2.13. The molecule has 0 radical (unpaired) electrons. The molecule has 0 saturated heterocycles. The van der Waals surface area contributed by atoms with Gasteiger partial charge in [-0.1, -0.05) is 6.07 Å². The summed E-state index contributed by atoms with van der Waals surface area (Å²) >= 11 is 3.45. The first-order valence-electron chi connectivity index (χ1n) is 7.07. The van der Waals surface area contributed by atoms with E-state index in [2.05, 4.69) is 36.8 Å². The minimum absolute atomic E-state index is 0.235. The highest BCUT2D eigenvalue weighted by molar-refractivity contribution is 9.10. The summed E-state index contributed by atoms with van der Waals surface area (Å²) in [5, 5.41) is 13.9. The van der Waals surface area contributed by atoms with Crippen molar-refractivity contribution in [1.82, 2.24) is 20.2 Å². The van der Waals surface area contributed by atoms with Gasteiger partial charge >= 0.3 is 0 Å². The van der Waals surface area contributed by atoms with Gasteiger partial charge in [-0.3, -0.25) is 4.79 Å². The number of carbonyl (C=O) groups excluding carboxylic acids is 1. The molecular weight excluding hydrogens is 374 g/mol. The second-order valence-corrected chi connectivity index (χ2v) is 5.93. The number of rotatable bonds is 4. The third-order valence-corrected chi connectivity index (χ3v) is 4.07. The Bertz CT molecular complexity index is 880. The number of hydrogen-bond donors (Lipinski definition) is 1. The molecule has 122 valence electrons. The number of amides is 1. The van der Waals surface area contributed by atoms with Gasteiger partial charge < -0.3 is 10.1 Å². The standard InChI is InChI=1S/C16H14BrN5O2/c1-10-3-5-13(12(17)7-10)19-16(23)11-4-6-14(15(8-11)24-2)22-9-18-20-21-22/h3-9H,1-2H3,(H,19,23). The molecule has 1 aromatic heterocycles. The van der Waals surface area contributed by atoms with Crippen LogP contribution in [0.25, 0.3) is 5.69 Å². The van der Waals surface area contributed by atoms with E-state index in [1.54, 1.807) is 18.2 Å². The van der Waals surface area contributed by atoms with Crippen LogP contribution in [0.2, 0.25) is 0 Å². The summed E-state index contributed by atoms with van der Waals surface area (Å²) < 4.78 is 7.64. The van der Waals surface area contributed by atoms with Crippen molar-refractivity contribution < 1.29 is 9.53 Å². The Labute approximate surface area is 146 Å². The van der Waals surface area contributed by atoms with Crippen molar-refractivity contribution >= 4 is 27.5 Å². The Morgan fingerprint density at radius 1 is 1.25 bits per heavy atom. The third-order valence-electron chi connectivity index (χ3n) is 3.41. The molecule has 2 aromatic carbocycles. The molecule has 1 heterocycles. The van der Waals surface area contributed by atoms with E-state index >= 15 is 0 Å². The lowest BCUT2D eigenvalue weighted by Gasteiger charge is -2.11. The lowest BCUT2D eigenvalue weighted by atomic mass is 10.1. The van der Waals surface area contributed by atoms with Crippen LogP contribution in [0, 0.1) is 6.92 Å². The number of aromatic nitrogens is 4. The molecule has 0 atom stereocenters. The van der Waals surface area contributed by atoms with E-state index in [9.17, 15) is 4.79 Å². The Hall–Kier alpha value is -2.74. The predicted molar refractivity (Wildman–Crippen MR) is 92.5 cm³/mol.